The molecule has 0 spiro atoms. The fourth-order valence-electron chi connectivity index (χ4n) is 4.11. The molecule has 2 aromatic heterocycles. The van der Waals surface area contributed by atoms with Gasteiger partial charge in [-0.15, -0.1) is 0 Å². The van der Waals surface area contributed by atoms with Crippen LogP contribution in [0.25, 0.3) is 21.9 Å². The van der Waals surface area contributed by atoms with E-state index in [1.54, 1.807) is 6.26 Å². The summed E-state index contributed by atoms with van der Waals surface area (Å²) in [6.45, 7) is 11.9. The Hall–Kier alpha value is -3.09. The van der Waals surface area contributed by atoms with Gasteiger partial charge in [0.25, 0.3) is 0 Å². The summed E-state index contributed by atoms with van der Waals surface area (Å²) in [5.41, 5.74) is 3.53. The van der Waals surface area contributed by atoms with Gasteiger partial charge in [0, 0.05) is 33.9 Å². The summed E-state index contributed by atoms with van der Waals surface area (Å²) in [6, 6.07) is 0.950. The molecule has 32 heavy (non-hydrogen) atoms. The average Bonchev–Trinajstić information content (AvgIpc) is 3.13. The molecule has 2 heterocycles. The van der Waals surface area contributed by atoms with E-state index in [4.69, 9.17) is 8.83 Å². The van der Waals surface area contributed by atoms with Crippen molar-refractivity contribution in [1.29, 1.82) is 0 Å². The van der Waals surface area contributed by atoms with E-state index < -0.39 is 23.5 Å². The van der Waals surface area contributed by atoms with E-state index in [0.717, 1.165) is 27.5 Å². The summed E-state index contributed by atoms with van der Waals surface area (Å²) < 4.78 is 11.5. The molecule has 0 bridgehead atoms. The second-order valence-corrected chi connectivity index (χ2v) is 9.38. The number of fused-ring (bicyclic) bond motifs is 2. The quantitative estimate of drug-likeness (QED) is 0.563. The van der Waals surface area contributed by atoms with Crippen LogP contribution in [0, 0.1) is 13.8 Å². The minimum atomic E-state index is -1.31. The topological polar surface area (TPSA) is 113 Å². The van der Waals surface area contributed by atoms with Crippen molar-refractivity contribution in [1.82, 2.24) is 5.32 Å². The maximum absolute atomic E-state index is 12.7. The predicted molar refractivity (Wildman–Crippen MR) is 121 cm³/mol. The van der Waals surface area contributed by atoms with E-state index in [2.05, 4.69) is 26.1 Å². The second kappa shape index (κ2) is 8.81. The Morgan fingerprint density at radius 3 is 2.41 bits per heavy atom. The van der Waals surface area contributed by atoms with Crippen molar-refractivity contribution in [3.63, 3.8) is 0 Å². The van der Waals surface area contributed by atoms with E-state index in [9.17, 15) is 19.5 Å². The highest BCUT2D eigenvalue weighted by atomic mass is 16.4. The third kappa shape index (κ3) is 4.42. The Bertz CT molecular complexity index is 1240. The molecule has 172 valence electrons. The van der Waals surface area contributed by atoms with Crippen LogP contribution in [-0.4, -0.2) is 17.9 Å². The van der Waals surface area contributed by atoms with Gasteiger partial charge in [0.1, 0.15) is 11.2 Å². The van der Waals surface area contributed by atoms with Crippen LogP contribution in [-0.2, 0) is 21.4 Å². The zero-order valence-electron chi connectivity index (χ0n) is 19.5. The number of aliphatic carboxylic acids is 1. The lowest BCUT2D eigenvalue weighted by Crippen LogP contribution is -2.47. The third-order valence-corrected chi connectivity index (χ3v) is 5.95. The van der Waals surface area contributed by atoms with Gasteiger partial charge in [-0.3, -0.25) is 4.79 Å². The van der Waals surface area contributed by atoms with Crippen LogP contribution in [0.15, 0.2) is 26.0 Å². The number of hydrogen-bond acceptors (Lipinski definition) is 6. The zero-order valence-corrected chi connectivity index (χ0v) is 19.5. The Balaban J connectivity index is 1.98. The van der Waals surface area contributed by atoms with Crippen molar-refractivity contribution in [2.75, 3.05) is 0 Å². The van der Waals surface area contributed by atoms with Crippen molar-refractivity contribution in [3.05, 3.63) is 45.0 Å². The van der Waals surface area contributed by atoms with Gasteiger partial charge in [-0.25, -0.2) is 4.79 Å². The summed E-state index contributed by atoms with van der Waals surface area (Å²) in [7, 11) is 0. The predicted octanol–water partition coefficient (Wildman–Crippen LogP) is 3.42. The zero-order chi connectivity index (χ0) is 23.8. The molecule has 1 amide bonds. The maximum Gasteiger partial charge on any atom is 0.339 e. The van der Waals surface area contributed by atoms with Crippen LogP contribution in [0.2, 0.25) is 0 Å². The summed E-state index contributed by atoms with van der Waals surface area (Å²) in [6.07, 6.45) is 2.77. The summed E-state index contributed by atoms with van der Waals surface area (Å²) in [5, 5.41) is 15.4. The molecule has 0 aliphatic rings. The molecule has 3 rings (SSSR count). The number of carboxylic acids is 1. The molecule has 0 aliphatic heterocycles. The number of aryl methyl sites for hydroxylation is 2. The molecule has 0 fully saturated rings. The molecule has 0 aliphatic carbocycles. The van der Waals surface area contributed by atoms with E-state index >= 15 is 0 Å². The first-order chi connectivity index (χ1) is 15.0. The Kier molecular flexibility index (Phi) is 6.49. The van der Waals surface area contributed by atoms with E-state index in [1.165, 1.54) is 0 Å². The highest BCUT2D eigenvalue weighted by Gasteiger charge is 2.24. The van der Waals surface area contributed by atoms with Gasteiger partial charge in [-0.2, -0.15) is 0 Å². The van der Waals surface area contributed by atoms with Crippen LogP contribution in [0.3, 0.4) is 0 Å². The molecule has 7 heteroatoms. The van der Waals surface area contributed by atoms with Gasteiger partial charge in [-0.05, 0) is 43.7 Å². The molecule has 0 saturated heterocycles. The number of benzene rings is 1. The average molecular weight is 441 g/mol. The van der Waals surface area contributed by atoms with Crippen molar-refractivity contribution >= 4 is 33.8 Å². The van der Waals surface area contributed by atoms with Crippen molar-refractivity contribution in [2.45, 2.75) is 78.7 Å². The van der Waals surface area contributed by atoms with Gasteiger partial charge in [0.2, 0.25) is 5.91 Å². The van der Waals surface area contributed by atoms with E-state index in [-0.39, 0.29) is 18.3 Å². The second-order valence-electron chi connectivity index (χ2n) is 9.38. The Labute approximate surface area is 186 Å². The van der Waals surface area contributed by atoms with Crippen LogP contribution in [0.1, 0.15) is 69.2 Å². The number of rotatable bonds is 7. The first-order valence-electron chi connectivity index (χ1n) is 10.9. The Morgan fingerprint density at radius 1 is 1.12 bits per heavy atom. The lowest BCUT2D eigenvalue weighted by Gasteiger charge is -2.19. The molecule has 7 nitrogen and oxygen atoms in total. The number of hydrogen-bond donors (Lipinski definition) is 1. The van der Waals surface area contributed by atoms with Gasteiger partial charge in [-0.1, -0.05) is 34.1 Å². The number of carboxylic acid groups (broad SMARTS) is 1. The largest absolute Gasteiger partial charge is 0.548 e. The van der Waals surface area contributed by atoms with Gasteiger partial charge in [0.15, 0.2) is 0 Å². The van der Waals surface area contributed by atoms with Crippen molar-refractivity contribution in [3.8, 4) is 0 Å². The number of carbonyl (C=O) groups excluding carboxylic acids is 2. The Morgan fingerprint density at radius 2 is 1.81 bits per heavy atom. The molecule has 0 radical (unpaired) electrons. The molecular formula is C25H30NO6-. The minimum Gasteiger partial charge on any atom is -0.548 e. The van der Waals surface area contributed by atoms with Crippen LogP contribution in [0.4, 0.5) is 0 Å². The maximum atomic E-state index is 12.7. The van der Waals surface area contributed by atoms with E-state index in [0.29, 0.717) is 29.6 Å². The highest BCUT2D eigenvalue weighted by Crippen LogP contribution is 2.37. The highest BCUT2D eigenvalue weighted by molar-refractivity contribution is 6.00. The van der Waals surface area contributed by atoms with Gasteiger partial charge in [0.05, 0.1) is 18.3 Å². The number of nitrogens with one attached hydrogen (secondary N) is 1. The fourth-order valence-corrected chi connectivity index (χ4v) is 4.11. The molecule has 1 aromatic carbocycles. The fraction of sp³-hybridized carbons (Fsp3) is 0.480. The lowest BCUT2D eigenvalue weighted by molar-refractivity contribution is -0.308. The van der Waals surface area contributed by atoms with E-state index in [1.807, 2.05) is 26.8 Å². The first kappa shape index (κ1) is 23.6. The van der Waals surface area contributed by atoms with Crippen molar-refractivity contribution < 1.29 is 23.5 Å². The van der Waals surface area contributed by atoms with Crippen molar-refractivity contribution in [2.24, 2.45) is 0 Å². The molecule has 1 atom stereocenters. The normalized spacial score (nSPS) is 12.9. The molecule has 3 aromatic rings. The molecule has 0 saturated carbocycles. The van der Waals surface area contributed by atoms with Crippen LogP contribution in [0.5, 0.6) is 0 Å². The van der Waals surface area contributed by atoms with Crippen LogP contribution >= 0.6 is 0 Å². The van der Waals surface area contributed by atoms with Gasteiger partial charge < -0.3 is 24.1 Å². The molecule has 0 unspecified atom stereocenters. The monoisotopic (exact) mass is 440 g/mol. The lowest BCUT2D eigenvalue weighted by atomic mass is 9.86. The molecular weight excluding hydrogens is 410 g/mol. The minimum absolute atomic E-state index is 0.0230. The summed E-state index contributed by atoms with van der Waals surface area (Å²) in [4.78, 5) is 36.2. The summed E-state index contributed by atoms with van der Waals surface area (Å²) >= 11 is 0. The first-order valence-corrected chi connectivity index (χ1v) is 10.9. The summed E-state index contributed by atoms with van der Waals surface area (Å²) in [5.74, 6) is -1.75. The number of amides is 1. The van der Waals surface area contributed by atoms with Gasteiger partial charge >= 0.3 is 5.63 Å². The third-order valence-electron chi connectivity index (χ3n) is 5.95. The molecule has 1 N–H and O–H groups in total. The standard InChI is InChI=1S/C25H31NO6/c1-7-8-19(23(28)29)26-20(27)10-9-15-13(2)16-11-17-18(25(4,5)6)12-31-21(17)14(3)22(16)32-24(15)30/h11-12,19H,7-10H2,1-6H3,(H,26,27)(H,28,29)/p-1/t19-/m0/s1. The number of furan rings is 1. The SMILES string of the molecule is CCC[C@H](NC(=O)CCc1c(C)c2cc3c(C(C)(C)C)coc3c(C)c2oc1=O)C(=O)[O-]. The number of carbonyl (C=O) groups is 2. The van der Waals surface area contributed by atoms with Crippen LogP contribution < -0.4 is 16.0 Å². The smallest absolute Gasteiger partial charge is 0.339 e.